The van der Waals surface area contributed by atoms with Gasteiger partial charge in [0.05, 0.1) is 30.0 Å². The highest BCUT2D eigenvalue weighted by molar-refractivity contribution is 7.07. The van der Waals surface area contributed by atoms with Crippen LogP contribution in [0.2, 0.25) is 0 Å². The zero-order valence-electron chi connectivity index (χ0n) is 9.14. The van der Waals surface area contributed by atoms with Gasteiger partial charge >= 0.3 is 0 Å². The van der Waals surface area contributed by atoms with Crippen LogP contribution in [-0.2, 0) is 4.74 Å². The Morgan fingerprint density at radius 1 is 1.73 bits per heavy atom. The van der Waals surface area contributed by atoms with Crippen LogP contribution in [0, 0.1) is 0 Å². The molecule has 0 amide bonds. The Morgan fingerprint density at radius 2 is 2.60 bits per heavy atom. The van der Waals surface area contributed by atoms with Crippen molar-refractivity contribution in [1.82, 2.24) is 15.2 Å². The predicted molar refractivity (Wildman–Crippen MR) is 61.2 cm³/mol. The first-order chi connectivity index (χ1) is 7.33. The Kier molecular flexibility index (Phi) is 3.69. The molecule has 0 saturated carbocycles. The largest absolute Gasteiger partial charge is 0.374 e. The van der Waals surface area contributed by atoms with Gasteiger partial charge in [-0.05, 0) is 14.1 Å². The summed E-state index contributed by atoms with van der Waals surface area (Å²) in [7, 11) is 4.09. The van der Waals surface area contributed by atoms with Gasteiger partial charge in [-0.15, -0.1) is 11.3 Å². The topological polar surface area (TPSA) is 37.4 Å². The van der Waals surface area contributed by atoms with Gasteiger partial charge in [0.15, 0.2) is 0 Å². The van der Waals surface area contributed by atoms with Gasteiger partial charge in [-0.3, -0.25) is 4.90 Å². The quantitative estimate of drug-likeness (QED) is 0.826. The number of morpholine rings is 1. The molecule has 1 aromatic heterocycles. The van der Waals surface area contributed by atoms with Crippen molar-refractivity contribution in [1.29, 1.82) is 0 Å². The third-order valence-electron chi connectivity index (χ3n) is 2.76. The van der Waals surface area contributed by atoms with Gasteiger partial charge in [0, 0.05) is 18.5 Å². The first-order valence-corrected chi connectivity index (χ1v) is 6.11. The molecular weight excluding hydrogens is 210 g/mol. The normalized spacial score (nSPS) is 28.1. The number of ether oxygens (including phenoxy) is 1. The molecule has 0 aromatic carbocycles. The van der Waals surface area contributed by atoms with Crippen LogP contribution >= 0.6 is 11.3 Å². The molecule has 1 aliphatic rings. The second-order valence-corrected chi connectivity index (χ2v) is 4.52. The predicted octanol–water partition coefficient (Wildman–Crippen LogP) is 0.734. The molecule has 2 unspecified atom stereocenters. The summed E-state index contributed by atoms with van der Waals surface area (Å²) >= 11 is 1.64. The van der Waals surface area contributed by atoms with Crippen molar-refractivity contribution in [3.63, 3.8) is 0 Å². The second kappa shape index (κ2) is 5.03. The maximum Gasteiger partial charge on any atom is 0.0912 e. The van der Waals surface area contributed by atoms with Crippen molar-refractivity contribution >= 4 is 11.3 Å². The lowest BCUT2D eigenvalue weighted by molar-refractivity contribution is -0.0617. The Hall–Kier alpha value is -0.490. The smallest absolute Gasteiger partial charge is 0.0912 e. The summed E-state index contributed by atoms with van der Waals surface area (Å²) in [4.78, 5) is 6.71. The average molecular weight is 227 g/mol. The summed E-state index contributed by atoms with van der Waals surface area (Å²) < 4.78 is 5.79. The number of thiazole rings is 1. The maximum absolute atomic E-state index is 5.79. The monoisotopic (exact) mass is 227 g/mol. The molecule has 1 aromatic rings. The summed E-state index contributed by atoms with van der Waals surface area (Å²) in [5.41, 5.74) is 3.01. The van der Waals surface area contributed by atoms with Crippen LogP contribution in [0.4, 0.5) is 0 Å². The average Bonchev–Trinajstić information content (AvgIpc) is 2.71. The lowest BCUT2D eigenvalue weighted by Gasteiger charge is -2.38. The van der Waals surface area contributed by atoms with Crippen molar-refractivity contribution in [3.05, 3.63) is 16.6 Å². The fraction of sp³-hybridized carbons (Fsp3) is 0.700. The van der Waals surface area contributed by atoms with Crippen LogP contribution in [0.15, 0.2) is 10.9 Å². The SMILES string of the molecule is CNCC1OCCN(C)C1c1cscn1. The molecule has 5 heteroatoms. The van der Waals surface area contributed by atoms with Gasteiger partial charge in [0.25, 0.3) is 0 Å². The molecule has 1 fully saturated rings. The van der Waals surface area contributed by atoms with E-state index >= 15 is 0 Å². The Balaban J connectivity index is 2.15. The Bertz CT molecular complexity index is 289. The number of hydrogen-bond acceptors (Lipinski definition) is 5. The molecule has 1 aliphatic heterocycles. The molecule has 0 bridgehead atoms. The van der Waals surface area contributed by atoms with E-state index in [0.717, 1.165) is 25.4 Å². The fourth-order valence-corrected chi connectivity index (χ4v) is 2.60. The molecule has 84 valence electrons. The van der Waals surface area contributed by atoms with Gasteiger partial charge in [-0.25, -0.2) is 4.98 Å². The molecule has 0 spiro atoms. The van der Waals surface area contributed by atoms with Crippen molar-refractivity contribution in [3.8, 4) is 0 Å². The van der Waals surface area contributed by atoms with Crippen LogP contribution in [-0.4, -0.2) is 49.8 Å². The molecule has 4 nitrogen and oxygen atoms in total. The van der Waals surface area contributed by atoms with Crippen molar-refractivity contribution < 1.29 is 4.74 Å². The fourth-order valence-electron chi connectivity index (χ4n) is 2.02. The van der Waals surface area contributed by atoms with Gasteiger partial charge in [0.2, 0.25) is 0 Å². The first-order valence-electron chi connectivity index (χ1n) is 5.17. The molecule has 15 heavy (non-hydrogen) atoms. The molecular formula is C10H17N3OS. The molecule has 1 N–H and O–H groups in total. The van der Waals surface area contributed by atoms with Gasteiger partial charge in [-0.1, -0.05) is 0 Å². The number of likely N-dealkylation sites (N-methyl/N-ethyl adjacent to an activating group) is 2. The number of nitrogens with zero attached hydrogens (tertiary/aromatic N) is 2. The van der Waals surface area contributed by atoms with Gasteiger partial charge in [-0.2, -0.15) is 0 Å². The summed E-state index contributed by atoms with van der Waals surface area (Å²) in [6, 6.07) is 0.289. The van der Waals surface area contributed by atoms with E-state index in [0.29, 0.717) is 0 Å². The standard InChI is InChI=1S/C10H17N3OS/c1-11-5-9-10(8-6-15-7-12-8)13(2)3-4-14-9/h6-7,9-11H,3-5H2,1-2H3. The highest BCUT2D eigenvalue weighted by Crippen LogP contribution is 2.27. The molecule has 2 atom stereocenters. The molecule has 2 rings (SSSR count). The first kappa shape index (κ1) is 11.0. The third-order valence-corrected chi connectivity index (χ3v) is 3.37. The van der Waals surface area contributed by atoms with E-state index in [1.54, 1.807) is 11.3 Å². The summed E-state index contributed by atoms with van der Waals surface area (Å²) in [6.07, 6.45) is 0.204. The summed E-state index contributed by atoms with van der Waals surface area (Å²) in [6.45, 7) is 2.65. The van der Waals surface area contributed by atoms with Gasteiger partial charge in [0.1, 0.15) is 0 Å². The van der Waals surface area contributed by atoms with Crippen LogP contribution in [0.5, 0.6) is 0 Å². The number of hydrogen-bond donors (Lipinski definition) is 1. The zero-order valence-corrected chi connectivity index (χ0v) is 9.96. The van der Waals surface area contributed by atoms with E-state index in [1.807, 2.05) is 12.6 Å². The minimum absolute atomic E-state index is 0.204. The van der Waals surface area contributed by atoms with Crippen LogP contribution in [0.3, 0.4) is 0 Å². The molecule has 1 saturated heterocycles. The van der Waals surface area contributed by atoms with Crippen LogP contribution in [0.25, 0.3) is 0 Å². The molecule has 2 heterocycles. The summed E-state index contributed by atoms with van der Waals surface area (Å²) in [5, 5.41) is 5.28. The molecule has 0 radical (unpaired) electrons. The van der Waals surface area contributed by atoms with Crippen LogP contribution < -0.4 is 5.32 Å². The minimum atomic E-state index is 0.204. The lowest BCUT2D eigenvalue weighted by atomic mass is 10.1. The van der Waals surface area contributed by atoms with E-state index in [-0.39, 0.29) is 12.1 Å². The maximum atomic E-state index is 5.79. The lowest BCUT2D eigenvalue weighted by Crippen LogP contribution is -2.47. The number of aromatic nitrogens is 1. The van der Waals surface area contributed by atoms with Crippen molar-refractivity contribution in [2.45, 2.75) is 12.1 Å². The van der Waals surface area contributed by atoms with E-state index in [1.165, 1.54) is 0 Å². The van der Waals surface area contributed by atoms with E-state index < -0.39 is 0 Å². The second-order valence-electron chi connectivity index (χ2n) is 3.81. The number of rotatable bonds is 3. The summed E-state index contributed by atoms with van der Waals surface area (Å²) in [5.74, 6) is 0. The van der Waals surface area contributed by atoms with Crippen molar-refractivity contribution in [2.24, 2.45) is 0 Å². The zero-order chi connectivity index (χ0) is 10.7. The van der Waals surface area contributed by atoms with E-state index in [9.17, 15) is 0 Å². The highest BCUT2D eigenvalue weighted by Gasteiger charge is 2.32. The Morgan fingerprint density at radius 3 is 3.27 bits per heavy atom. The minimum Gasteiger partial charge on any atom is -0.374 e. The van der Waals surface area contributed by atoms with Crippen molar-refractivity contribution in [2.75, 3.05) is 33.8 Å². The van der Waals surface area contributed by atoms with Crippen LogP contribution in [0.1, 0.15) is 11.7 Å². The van der Waals surface area contributed by atoms with E-state index in [4.69, 9.17) is 4.74 Å². The highest BCUT2D eigenvalue weighted by atomic mass is 32.1. The van der Waals surface area contributed by atoms with Gasteiger partial charge < -0.3 is 10.1 Å². The number of nitrogens with one attached hydrogen (secondary N) is 1. The van der Waals surface area contributed by atoms with E-state index in [2.05, 4.69) is 27.6 Å². The molecule has 0 aliphatic carbocycles. The Labute approximate surface area is 94.3 Å². The third kappa shape index (κ3) is 2.36.